The Bertz CT molecular complexity index is 1840. The second-order valence-electron chi connectivity index (χ2n) is 10.6. The van der Waals surface area contributed by atoms with E-state index < -0.39 is 11.2 Å². The normalized spacial score (nSPS) is 21.0. The number of aromatic nitrogens is 3. The molecule has 2 N–H and O–H groups in total. The van der Waals surface area contributed by atoms with Crippen molar-refractivity contribution in [1.82, 2.24) is 14.5 Å². The second kappa shape index (κ2) is 8.81. The minimum Gasteiger partial charge on any atom is -0.494 e. The third kappa shape index (κ3) is 3.46. The second-order valence-corrected chi connectivity index (χ2v) is 11.8. The predicted molar refractivity (Wildman–Crippen MR) is 151 cm³/mol. The first-order valence-corrected chi connectivity index (χ1v) is 14.0. The summed E-state index contributed by atoms with van der Waals surface area (Å²) in [5.74, 6) is 0.376. The van der Waals surface area contributed by atoms with E-state index in [1.165, 1.54) is 4.57 Å². The Morgan fingerprint density at radius 1 is 1.07 bits per heavy atom. The van der Waals surface area contributed by atoms with Crippen molar-refractivity contribution in [2.24, 2.45) is 0 Å². The lowest BCUT2D eigenvalue weighted by Crippen LogP contribution is -2.25. The van der Waals surface area contributed by atoms with Gasteiger partial charge in [-0.25, -0.2) is 9.55 Å². The largest absolute Gasteiger partial charge is 0.494 e. The fourth-order valence-corrected chi connectivity index (χ4v) is 7.21. The van der Waals surface area contributed by atoms with Crippen LogP contribution in [0.2, 0.25) is 0 Å². The molecule has 2 unspecified atom stereocenters. The molecule has 5 heterocycles. The number of benzene rings is 2. The zero-order chi connectivity index (χ0) is 27.6. The number of aromatic hydroxyl groups is 2. The first kappa shape index (κ1) is 24.6. The number of nitriles is 1. The number of nitrogens with zero attached hydrogens (tertiary/aromatic N) is 4. The van der Waals surface area contributed by atoms with Gasteiger partial charge in [0.05, 0.1) is 39.5 Å². The van der Waals surface area contributed by atoms with Gasteiger partial charge in [0.1, 0.15) is 16.7 Å². The molecule has 2 bridgehead atoms. The zero-order valence-corrected chi connectivity index (χ0v) is 22.8. The highest BCUT2D eigenvalue weighted by Crippen LogP contribution is 2.65. The summed E-state index contributed by atoms with van der Waals surface area (Å²) in [5, 5.41) is 35.7. The zero-order valence-electron chi connectivity index (χ0n) is 22.0. The molecular weight excluding hydrogens is 524 g/mol. The van der Waals surface area contributed by atoms with Crippen LogP contribution in [0.1, 0.15) is 47.8 Å². The lowest BCUT2D eigenvalue weighted by Gasteiger charge is -2.26. The minimum absolute atomic E-state index is 0.0957. The number of aryl methyl sites for hydroxylation is 1. The van der Waals surface area contributed by atoms with E-state index in [1.54, 1.807) is 29.8 Å². The highest BCUT2D eigenvalue weighted by molar-refractivity contribution is 7.15. The predicted octanol–water partition coefficient (Wildman–Crippen LogP) is 6.44. The molecule has 2 atom stereocenters. The first-order valence-electron chi connectivity index (χ1n) is 13.2. The fraction of sp³-hybridized carbons (Fsp3) is 0.258. The first-order chi connectivity index (χ1) is 19.3. The molecule has 1 fully saturated rings. The summed E-state index contributed by atoms with van der Waals surface area (Å²) in [7, 11) is 0. The Labute approximate surface area is 234 Å². The van der Waals surface area contributed by atoms with Crippen molar-refractivity contribution in [3.8, 4) is 40.0 Å². The smallest absolute Gasteiger partial charge is 0.227 e. The summed E-state index contributed by atoms with van der Waals surface area (Å²) in [5.41, 5.74) is 1.39. The van der Waals surface area contributed by atoms with Gasteiger partial charge in [0.2, 0.25) is 17.6 Å². The van der Waals surface area contributed by atoms with Crippen molar-refractivity contribution >= 4 is 22.1 Å². The molecule has 0 saturated carbocycles. The van der Waals surface area contributed by atoms with Crippen molar-refractivity contribution in [1.29, 1.82) is 5.26 Å². The van der Waals surface area contributed by atoms with Crippen LogP contribution in [0.15, 0.2) is 60.9 Å². The molecular formula is C31H26N4O4S. The van der Waals surface area contributed by atoms with Crippen LogP contribution in [0.25, 0.3) is 27.0 Å². The third-order valence-electron chi connectivity index (χ3n) is 8.22. The van der Waals surface area contributed by atoms with Crippen LogP contribution >= 0.6 is 11.3 Å². The van der Waals surface area contributed by atoms with Gasteiger partial charge in [0.15, 0.2) is 0 Å². The molecule has 8 nitrogen and oxygen atoms in total. The number of pyridine rings is 1. The highest BCUT2D eigenvalue weighted by atomic mass is 32.1. The number of rotatable bonds is 6. The molecule has 5 aromatic rings. The molecule has 2 aliphatic heterocycles. The molecule has 0 aliphatic carbocycles. The van der Waals surface area contributed by atoms with Crippen LogP contribution in [-0.2, 0) is 15.9 Å². The lowest BCUT2D eigenvalue weighted by atomic mass is 9.78. The highest BCUT2D eigenvalue weighted by Gasteiger charge is 2.61. The van der Waals surface area contributed by atoms with Crippen LogP contribution in [-0.4, -0.2) is 31.4 Å². The summed E-state index contributed by atoms with van der Waals surface area (Å²) >= 11 is 1.56. The molecule has 0 spiro atoms. The molecule has 40 heavy (non-hydrogen) atoms. The summed E-state index contributed by atoms with van der Waals surface area (Å²) in [4.78, 5) is 9.73. The Hall–Kier alpha value is -4.39. The summed E-state index contributed by atoms with van der Waals surface area (Å²) in [6.07, 6.45) is 5.32. The van der Waals surface area contributed by atoms with E-state index in [0.717, 1.165) is 26.2 Å². The lowest BCUT2D eigenvalue weighted by molar-refractivity contribution is -0.0877. The van der Waals surface area contributed by atoms with E-state index in [4.69, 9.17) is 9.47 Å². The number of thiazole rings is 1. The maximum absolute atomic E-state index is 11.6. The molecule has 2 aromatic carbocycles. The number of fused-ring (bicyclic) bond motifs is 6. The topological polar surface area (TPSA) is 113 Å². The van der Waals surface area contributed by atoms with Crippen molar-refractivity contribution in [2.45, 2.75) is 44.3 Å². The van der Waals surface area contributed by atoms with Gasteiger partial charge in [-0.15, -0.1) is 11.3 Å². The van der Waals surface area contributed by atoms with Gasteiger partial charge in [-0.05, 0) is 50.3 Å². The van der Waals surface area contributed by atoms with Gasteiger partial charge >= 0.3 is 0 Å². The fourth-order valence-electron chi connectivity index (χ4n) is 6.35. The van der Waals surface area contributed by atoms with E-state index in [1.807, 2.05) is 56.3 Å². The summed E-state index contributed by atoms with van der Waals surface area (Å²) in [6.45, 7) is 4.25. The van der Waals surface area contributed by atoms with Gasteiger partial charge in [-0.3, -0.25) is 4.98 Å². The molecule has 200 valence electrons. The van der Waals surface area contributed by atoms with E-state index in [2.05, 4.69) is 16.0 Å². The molecule has 0 amide bonds. The maximum atomic E-state index is 11.6. The van der Waals surface area contributed by atoms with Crippen molar-refractivity contribution in [3.63, 3.8) is 0 Å². The van der Waals surface area contributed by atoms with E-state index >= 15 is 0 Å². The minimum atomic E-state index is -0.821. The van der Waals surface area contributed by atoms with E-state index in [9.17, 15) is 15.5 Å². The van der Waals surface area contributed by atoms with Crippen molar-refractivity contribution in [3.05, 3.63) is 82.5 Å². The number of hydrogen-bond donors (Lipinski definition) is 2. The molecule has 1 saturated heterocycles. The monoisotopic (exact) mass is 550 g/mol. The molecule has 9 heteroatoms. The third-order valence-corrected chi connectivity index (χ3v) is 9.22. The maximum Gasteiger partial charge on any atom is 0.227 e. The van der Waals surface area contributed by atoms with E-state index in [-0.39, 0.29) is 11.8 Å². The van der Waals surface area contributed by atoms with Gasteiger partial charge in [0, 0.05) is 29.8 Å². The summed E-state index contributed by atoms with van der Waals surface area (Å²) in [6, 6.07) is 17.4. The van der Waals surface area contributed by atoms with Gasteiger partial charge < -0.3 is 19.7 Å². The molecule has 7 rings (SSSR count). The Balaban J connectivity index is 1.23. The average Bonchev–Trinajstić information content (AvgIpc) is 3.66. The molecule has 2 aliphatic rings. The van der Waals surface area contributed by atoms with Gasteiger partial charge in [0.25, 0.3) is 0 Å². The van der Waals surface area contributed by atoms with E-state index in [0.29, 0.717) is 54.1 Å². The van der Waals surface area contributed by atoms with Crippen molar-refractivity contribution in [2.75, 3.05) is 6.61 Å². The standard InChI is InChI=1S/C31H26N4O4S/c1-18-26(34-27(40-18)20-9-14-33-15-10-20)38-16-13-31-12-11-30(2,39-31)24-25(31)29(37)35(28(24)36)23-8-7-19-5-3-4-6-21(19)22(23)17-32/h3-10,14-15,36-37H,11-13,16H2,1-2H3. The Morgan fingerprint density at radius 2 is 1.85 bits per heavy atom. The number of ether oxygens (including phenoxy) is 2. The van der Waals surface area contributed by atoms with Crippen LogP contribution in [0, 0.1) is 18.3 Å². The summed E-state index contributed by atoms with van der Waals surface area (Å²) < 4.78 is 14.1. The Kier molecular flexibility index (Phi) is 5.43. The van der Waals surface area contributed by atoms with Gasteiger partial charge in [-0.2, -0.15) is 5.26 Å². The van der Waals surface area contributed by atoms with Gasteiger partial charge in [-0.1, -0.05) is 30.3 Å². The van der Waals surface area contributed by atoms with Crippen LogP contribution in [0.5, 0.6) is 17.6 Å². The van der Waals surface area contributed by atoms with Crippen molar-refractivity contribution < 1.29 is 19.7 Å². The van der Waals surface area contributed by atoms with Crippen LogP contribution in [0.4, 0.5) is 0 Å². The Morgan fingerprint density at radius 3 is 2.65 bits per heavy atom. The molecule has 0 radical (unpaired) electrons. The molecule has 3 aromatic heterocycles. The number of hydrogen-bond acceptors (Lipinski definition) is 8. The quantitative estimate of drug-likeness (QED) is 0.250. The average molecular weight is 551 g/mol. The van der Waals surface area contributed by atoms with Crippen LogP contribution in [0.3, 0.4) is 0 Å². The SMILES string of the molecule is Cc1sc(-c2ccncc2)nc1OCCC12CCC(C)(O1)c1c2c(O)n(-c2ccc3ccccc3c2C#N)c1O. The van der Waals surface area contributed by atoms with Crippen LogP contribution < -0.4 is 4.74 Å².